The van der Waals surface area contributed by atoms with Gasteiger partial charge in [0.2, 0.25) is 0 Å². The van der Waals surface area contributed by atoms with Crippen LogP contribution in [0.1, 0.15) is 73.9 Å². The Kier molecular flexibility index (Phi) is 8.18. The van der Waals surface area contributed by atoms with Crippen LogP contribution in [-0.4, -0.2) is 0 Å². The van der Waals surface area contributed by atoms with Crippen LogP contribution in [0.25, 0.3) is 50.1 Å². The fraction of sp³-hybridized carbons (Fsp3) is 0.0794. The fourth-order valence-electron chi connectivity index (χ4n) is 11.9. The SMILES string of the molecule is C1=CC2c3cccc4c3C(c3ccccc3C43c4ccccc4-c4ccc(C5=CC(c6ccc(-c7ccc(-c8ccccc8)cc7)cc6)=CC(c6ccccc6)=CC5)cc43)C2C=C1. The zero-order valence-corrected chi connectivity index (χ0v) is 35.0. The predicted octanol–water partition coefficient (Wildman–Crippen LogP) is 15.6. The highest BCUT2D eigenvalue weighted by Gasteiger charge is 2.55. The summed E-state index contributed by atoms with van der Waals surface area (Å²) < 4.78 is 0. The van der Waals surface area contributed by atoms with E-state index in [1.54, 1.807) is 5.56 Å². The van der Waals surface area contributed by atoms with Crippen molar-refractivity contribution in [3.8, 4) is 33.4 Å². The molecule has 0 N–H and O–H groups in total. The van der Waals surface area contributed by atoms with E-state index in [9.17, 15) is 0 Å². The van der Waals surface area contributed by atoms with E-state index in [-0.39, 0.29) is 0 Å². The summed E-state index contributed by atoms with van der Waals surface area (Å²) in [6, 6.07) is 72.8. The molecule has 0 heteroatoms. The van der Waals surface area contributed by atoms with E-state index >= 15 is 0 Å². The Morgan fingerprint density at radius 2 is 0.937 bits per heavy atom. The van der Waals surface area contributed by atoms with Crippen LogP contribution in [0.15, 0.2) is 237 Å². The molecule has 5 aliphatic rings. The highest BCUT2D eigenvalue weighted by Crippen LogP contribution is 2.66. The van der Waals surface area contributed by atoms with Crippen LogP contribution in [0, 0.1) is 5.92 Å². The molecule has 0 saturated heterocycles. The first-order valence-electron chi connectivity index (χ1n) is 22.5. The van der Waals surface area contributed by atoms with Crippen molar-refractivity contribution in [2.24, 2.45) is 5.92 Å². The molecule has 0 bridgehead atoms. The van der Waals surface area contributed by atoms with E-state index in [1.165, 1.54) is 100 Å². The minimum Gasteiger partial charge on any atom is -0.0796 e. The van der Waals surface area contributed by atoms with Crippen molar-refractivity contribution < 1.29 is 0 Å². The maximum Gasteiger partial charge on any atom is 0.0719 e. The number of hydrogen-bond donors (Lipinski definition) is 0. The highest BCUT2D eigenvalue weighted by atomic mass is 14.6. The van der Waals surface area contributed by atoms with Crippen molar-refractivity contribution in [3.05, 3.63) is 292 Å². The Morgan fingerprint density at radius 1 is 0.381 bits per heavy atom. The summed E-state index contributed by atoms with van der Waals surface area (Å²) in [5.41, 5.74) is 24.9. The maximum absolute atomic E-state index is 2.57. The maximum atomic E-state index is 2.57. The molecule has 0 heterocycles. The van der Waals surface area contributed by atoms with Crippen LogP contribution >= 0.6 is 0 Å². The van der Waals surface area contributed by atoms with Crippen LogP contribution in [-0.2, 0) is 5.41 Å². The quantitative estimate of drug-likeness (QED) is 0.163. The lowest BCUT2D eigenvalue weighted by molar-refractivity contribution is 0.543. The lowest BCUT2D eigenvalue weighted by Crippen LogP contribution is -2.36. The Bertz CT molecular complexity index is 3280. The lowest BCUT2D eigenvalue weighted by Gasteiger charge is -2.43. The van der Waals surface area contributed by atoms with Gasteiger partial charge in [0.25, 0.3) is 0 Å². The van der Waals surface area contributed by atoms with E-state index in [4.69, 9.17) is 0 Å². The van der Waals surface area contributed by atoms with E-state index in [0.717, 1.165) is 6.42 Å². The van der Waals surface area contributed by atoms with Crippen molar-refractivity contribution in [3.63, 3.8) is 0 Å². The first-order valence-corrected chi connectivity index (χ1v) is 22.5. The van der Waals surface area contributed by atoms with Gasteiger partial charge in [0.15, 0.2) is 0 Å². The van der Waals surface area contributed by atoms with E-state index in [0.29, 0.717) is 17.8 Å². The fourth-order valence-corrected chi connectivity index (χ4v) is 11.9. The van der Waals surface area contributed by atoms with Crippen LogP contribution in [0.2, 0.25) is 0 Å². The summed E-state index contributed by atoms with van der Waals surface area (Å²) in [5, 5.41) is 0. The molecule has 8 aromatic rings. The largest absolute Gasteiger partial charge is 0.0796 e. The molecule has 296 valence electrons. The van der Waals surface area contributed by atoms with Crippen molar-refractivity contribution >= 4 is 16.7 Å². The second kappa shape index (κ2) is 14.3. The van der Waals surface area contributed by atoms with Crippen molar-refractivity contribution in [2.45, 2.75) is 23.7 Å². The molecule has 0 aliphatic heterocycles. The van der Waals surface area contributed by atoms with Gasteiger partial charge >= 0.3 is 0 Å². The zero-order valence-electron chi connectivity index (χ0n) is 35.0. The second-order valence-electron chi connectivity index (χ2n) is 17.8. The molecule has 1 spiro atoms. The van der Waals surface area contributed by atoms with Gasteiger partial charge < -0.3 is 0 Å². The topological polar surface area (TPSA) is 0 Å². The second-order valence-corrected chi connectivity index (χ2v) is 17.8. The predicted molar refractivity (Wildman–Crippen MR) is 262 cm³/mol. The number of hydrogen-bond acceptors (Lipinski definition) is 0. The van der Waals surface area contributed by atoms with Gasteiger partial charge in [0.1, 0.15) is 0 Å². The normalized spacial score (nSPS) is 20.7. The number of allylic oxidation sites excluding steroid dienone is 10. The number of fused-ring (bicyclic) bond motifs is 12. The molecule has 63 heavy (non-hydrogen) atoms. The van der Waals surface area contributed by atoms with Gasteiger partial charge in [-0.05, 0) is 130 Å². The molecule has 0 aromatic heterocycles. The first-order chi connectivity index (χ1) is 31.2. The molecule has 4 unspecified atom stereocenters. The minimum absolute atomic E-state index is 0.336. The smallest absolute Gasteiger partial charge is 0.0719 e. The molecular weight excluding hydrogens is 757 g/mol. The van der Waals surface area contributed by atoms with Crippen molar-refractivity contribution in [1.82, 2.24) is 0 Å². The minimum atomic E-state index is -0.425. The Morgan fingerprint density at radius 3 is 1.70 bits per heavy atom. The first kappa shape index (κ1) is 36.1. The molecular formula is C63H44. The molecule has 0 radical (unpaired) electrons. The van der Waals surface area contributed by atoms with Gasteiger partial charge in [-0.15, -0.1) is 0 Å². The molecule has 0 fully saturated rings. The van der Waals surface area contributed by atoms with Gasteiger partial charge in [-0.2, -0.15) is 0 Å². The number of benzene rings is 8. The monoisotopic (exact) mass is 800 g/mol. The van der Waals surface area contributed by atoms with E-state index < -0.39 is 5.41 Å². The summed E-state index contributed by atoms with van der Waals surface area (Å²) in [5.74, 6) is 1.15. The molecule has 5 aliphatic carbocycles. The van der Waals surface area contributed by atoms with Crippen LogP contribution < -0.4 is 0 Å². The average molecular weight is 801 g/mol. The Balaban J connectivity index is 0.953. The van der Waals surface area contributed by atoms with Crippen molar-refractivity contribution in [2.75, 3.05) is 0 Å². The summed E-state index contributed by atoms with van der Waals surface area (Å²) in [6.07, 6.45) is 17.6. The van der Waals surface area contributed by atoms with Gasteiger partial charge in [-0.1, -0.05) is 225 Å². The van der Waals surface area contributed by atoms with Crippen LogP contribution in [0.4, 0.5) is 0 Å². The van der Waals surface area contributed by atoms with Crippen LogP contribution in [0.5, 0.6) is 0 Å². The third kappa shape index (κ3) is 5.47. The zero-order chi connectivity index (χ0) is 41.5. The van der Waals surface area contributed by atoms with E-state index in [1.807, 2.05) is 0 Å². The molecule has 8 aromatic carbocycles. The third-order valence-corrected chi connectivity index (χ3v) is 14.7. The Hall–Kier alpha value is -7.54. The third-order valence-electron chi connectivity index (χ3n) is 14.7. The molecule has 4 atom stereocenters. The lowest BCUT2D eigenvalue weighted by atomic mass is 9.58. The van der Waals surface area contributed by atoms with Gasteiger partial charge in [-0.3, -0.25) is 0 Å². The summed E-state index contributed by atoms with van der Waals surface area (Å²) in [6.45, 7) is 0. The van der Waals surface area contributed by atoms with Crippen molar-refractivity contribution in [1.29, 1.82) is 0 Å². The van der Waals surface area contributed by atoms with Gasteiger partial charge in [-0.25, -0.2) is 0 Å². The number of rotatable bonds is 5. The van der Waals surface area contributed by atoms with Gasteiger partial charge in [0.05, 0.1) is 5.41 Å². The standard InChI is InChI=1S/C63H44/c1-3-14-41(15-4-1)43-26-28-44(29-27-43)45-30-32-46(33-31-45)50-38-47(42-16-5-2-6-17-42)34-35-48(39-50)49-36-37-53-52-19-9-11-23-57(52)63(60(53)40-49)58-24-12-10-21-56(58)61-54-20-8-7-18-51(54)55-22-13-25-59(63)62(55)61/h1-34,36-40,51,54,61H,35H2. The Labute approximate surface area is 370 Å². The molecule has 13 rings (SSSR count). The highest BCUT2D eigenvalue weighted by molar-refractivity contribution is 5.96. The molecule has 0 amide bonds. The molecule has 0 nitrogen and oxygen atoms in total. The van der Waals surface area contributed by atoms with Gasteiger partial charge in [0, 0.05) is 11.8 Å². The van der Waals surface area contributed by atoms with E-state index in [2.05, 4.69) is 237 Å². The average Bonchev–Trinajstić information content (AvgIpc) is 3.73. The summed E-state index contributed by atoms with van der Waals surface area (Å²) >= 11 is 0. The summed E-state index contributed by atoms with van der Waals surface area (Å²) in [4.78, 5) is 0. The van der Waals surface area contributed by atoms with Crippen LogP contribution in [0.3, 0.4) is 0 Å². The summed E-state index contributed by atoms with van der Waals surface area (Å²) in [7, 11) is 0. The molecule has 0 saturated carbocycles.